The van der Waals surface area contributed by atoms with Crippen LogP contribution >= 0.6 is 0 Å². The Hall–Kier alpha value is -5.56. The first-order valence-electron chi connectivity index (χ1n) is 16.9. The van der Waals surface area contributed by atoms with E-state index in [0.717, 1.165) is 40.6 Å². The molecule has 7 rings (SSSR count). The molecular formula is C39H38F2N6O4S. The molecule has 0 bridgehead atoms. The fourth-order valence-electron chi connectivity index (χ4n) is 6.26. The monoisotopic (exact) mass is 724 g/mol. The number of aryl methyl sites for hydroxylation is 1. The molecule has 1 amide bonds. The van der Waals surface area contributed by atoms with Crippen LogP contribution in [0.25, 0.3) is 33.3 Å². The number of hydrogen-bond acceptors (Lipinski definition) is 7. The van der Waals surface area contributed by atoms with Gasteiger partial charge >= 0.3 is 6.09 Å². The number of ether oxygens (including phenoxy) is 1. The summed E-state index contributed by atoms with van der Waals surface area (Å²) in [5.74, 6) is -1.11. The second-order valence-corrected chi connectivity index (χ2v) is 15.7. The first-order valence-corrected chi connectivity index (χ1v) is 18.3. The Morgan fingerprint density at radius 3 is 2.35 bits per heavy atom. The van der Waals surface area contributed by atoms with Gasteiger partial charge in [-0.1, -0.05) is 29.8 Å². The van der Waals surface area contributed by atoms with E-state index >= 15 is 0 Å². The molecule has 0 aliphatic carbocycles. The Labute approximate surface area is 300 Å². The fourth-order valence-corrected chi connectivity index (χ4v) is 7.58. The van der Waals surface area contributed by atoms with E-state index in [1.807, 2.05) is 52.0 Å². The van der Waals surface area contributed by atoms with Crippen molar-refractivity contribution < 1.29 is 26.7 Å². The summed E-state index contributed by atoms with van der Waals surface area (Å²) >= 11 is 0. The summed E-state index contributed by atoms with van der Waals surface area (Å²) in [7, 11) is -4.05. The number of halogens is 2. The molecule has 1 saturated heterocycles. The Bertz CT molecular complexity index is 2390. The van der Waals surface area contributed by atoms with Crippen LogP contribution in [0.3, 0.4) is 0 Å². The molecule has 0 atom stereocenters. The van der Waals surface area contributed by atoms with Crippen molar-refractivity contribution in [3.63, 3.8) is 0 Å². The Kier molecular flexibility index (Phi) is 9.07. The number of piperazine rings is 1. The van der Waals surface area contributed by atoms with Crippen molar-refractivity contribution in [1.29, 1.82) is 0 Å². The Balaban J connectivity index is 1.24. The molecule has 4 heterocycles. The van der Waals surface area contributed by atoms with Crippen LogP contribution in [0.1, 0.15) is 31.9 Å². The summed E-state index contributed by atoms with van der Waals surface area (Å²) in [5, 5.41) is 4.96. The third-order valence-corrected chi connectivity index (χ3v) is 10.6. The van der Waals surface area contributed by atoms with Crippen LogP contribution in [0.15, 0.2) is 102 Å². The number of benzene rings is 3. The van der Waals surface area contributed by atoms with Gasteiger partial charge in [0.05, 0.1) is 17.6 Å². The molecule has 0 spiro atoms. The van der Waals surface area contributed by atoms with E-state index in [4.69, 9.17) is 9.72 Å². The highest BCUT2D eigenvalue weighted by Crippen LogP contribution is 2.35. The number of carbonyl (C=O) groups excluding carboxylic acids is 1. The molecule has 10 nitrogen and oxygen atoms in total. The molecular weight excluding hydrogens is 687 g/mol. The number of nitrogens with zero attached hydrogens (tertiary/aromatic N) is 6. The number of pyridine rings is 1. The summed E-state index contributed by atoms with van der Waals surface area (Å²) in [6, 6.07) is 19.8. The minimum atomic E-state index is -4.05. The Morgan fingerprint density at radius 2 is 1.62 bits per heavy atom. The zero-order valence-corrected chi connectivity index (χ0v) is 30.1. The smallest absolute Gasteiger partial charge is 0.410 e. The molecule has 13 heteroatoms. The maximum absolute atomic E-state index is 14.5. The van der Waals surface area contributed by atoms with Crippen molar-refractivity contribution in [3.8, 4) is 22.3 Å². The van der Waals surface area contributed by atoms with Gasteiger partial charge in [0.25, 0.3) is 10.0 Å². The molecule has 3 aromatic carbocycles. The van der Waals surface area contributed by atoms with E-state index in [1.54, 1.807) is 47.8 Å². The lowest BCUT2D eigenvalue weighted by Crippen LogP contribution is -2.50. The summed E-state index contributed by atoms with van der Waals surface area (Å²) in [6.45, 7) is 9.73. The van der Waals surface area contributed by atoms with Crippen molar-refractivity contribution >= 4 is 32.8 Å². The van der Waals surface area contributed by atoms with E-state index in [9.17, 15) is 22.0 Å². The number of carbonyl (C=O) groups is 1. The number of anilines is 1. The van der Waals surface area contributed by atoms with Crippen LogP contribution in [-0.4, -0.2) is 69.9 Å². The van der Waals surface area contributed by atoms with E-state index in [0.29, 0.717) is 42.7 Å². The zero-order valence-electron chi connectivity index (χ0n) is 29.3. The van der Waals surface area contributed by atoms with E-state index in [1.165, 1.54) is 14.9 Å². The second-order valence-electron chi connectivity index (χ2n) is 13.9. The predicted octanol–water partition coefficient (Wildman–Crippen LogP) is 7.50. The molecule has 1 aliphatic heterocycles. The molecule has 0 N–H and O–H groups in total. The first kappa shape index (κ1) is 34.9. The molecule has 3 aromatic heterocycles. The summed E-state index contributed by atoms with van der Waals surface area (Å²) in [6.07, 6.45) is 6.11. The molecule has 0 radical (unpaired) electrons. The van der Waals surface area contributed by atoms with Crippen LogP contribution in [0, 0.1) is 18.6 Å². The standard InChI is InChI=1S/C39H38F2N6O4S/c1-26-8-11-33(12-9-26)52(49,50)47-25-35(30-22-43-46(24-30)23-29-18-31(40)10-13-36(29)41)34-20-28(21-42-37(34)47)27-6-5-7-32(19-27)44-14-16-45(17-15-44)38(48)51-39(2,3)4/h5-13,18-22,24-25H,14-17,23H2,1-4H3. The van der Waals surface area contributed by atoms with Gasteiger partial charge in [-0.15, -0.1) is 0 Å². The first-order chi connectivity index (χ1) is 24.7. The average Bonchev–Trinajstić information content (AvgIpc) is 3.74. The Morgan fingerprint density at radius 1 is 0.865 bits per heavy atom. The van der Waals surface area contributed by atoms with Crippen LogP contribution in [-0.2, 0) is 21.3 Å². The average molecular weight is 725 g/mol. The number of aromatic nitrogens is 4. The highest BCUT2D eigenvalue weighted by molar-refractivity contribution is 7.90. The van der Waals surface area contributed by atoms with Crippen molar-refractivity contribution in [2.45, 2.75) is 44.7 Å². The molecule has 52 heavy (non-hydrogen) atoms. The molecule has 0 unspecified atom stereocenters. The number of amides is 1. The van der Waals surface area contributed by atoms with E-state index < -0.39 is 27.3 Å². The van der Waals surface area contributed by atoms with Gasteiger partial charge in [-0.05, 0) is 81.8 Å². The molecule has 268 valence electrons. The highest BCUT2D eigenvalue weighted by atomic mass is 32.2. The van der Waals surface area contributed by atoms with Crippen molar-refractivity contribution in [2.24, 2.45) is 0 Å². The molecule has 1 aliphatic rings. The number of fused-ring (bicyclic) bond motifs is 1. The minimum Gasteiger partial charge on any atom is -0.444 e. The topological polar surface area (TPSA) is 103 Å². The summed E-state index contributed by atoms with van der Waals surface area (Å²) in [4.78, 5) is 21.4. The van der Waals surface area contributed by atoms with Gasteiger partial charge in [-0.2, -0.15) is 5.10 Å². The fraction of sp³-hybridized carbons (Fsp3) is 0.256. The maximum Gasteiger partial charge on any atom is 0.410 e. The van der Waals surface area contributed by atoms with Crippen molar-refractivity contribution in [2.75, 3.05) is 31.1 Å². The van der Waals surface area contributed by atoms with Gasteiger partial charge < -0.3 is 14.5 Å². The van der Waals surface area contributed by atoms with Crippen LogP contribution in [0.2, 0.25) is 0 Å². The lowest BCUT2D eigenvalue weighted by molar-refractivity contribution is 0.0240. The largest absolute Gasteiger partial charge is 0.444 e. The quantitative estimate of drug-likeness (QED) is 0.168. The molecule has 6 aromatic rings. The molecule has 1 fully saturated rings. The minimum absolute atomic E-state index is 0.0216. The van der Waals surface area contributed by atoms with Gasteiger partial charge in [-0.3, -0.25) is 4.68 Å². The predicted molar refractivity (Wildman–Crippen MR) is 196 cm³/mol. The van der Waals surface area contributed by atoms with Gasteiger partial charge in [-0.25, -0.2) is 30.9 Å². The highest BCUT2D eigenvalue weighted by Gasteiger charge is 2.27. The van der Waals surface area contributed by atoms with Crippen molar-refractivity contribution in [1.82, 2.24) is 23.6 Å². The lowest BCUT2D eigenvalue weighted by Gasteiger charge is -2.36. The van der Waals surface area contributed by atoms with Gasteiger partial charge in [0, 0.05) is 78.1 Å². The van der Waals surface area contributed by atoms with Crippen LogP contribution in [0.4, 0.5) is 19.3 Å². The second kappa shape index (κ2) is 13.5. The number of rotatable bonds is 7. The van der Waals surface area contributed by atoms with E-state index in [2.05, 4.69) is 16.1 Å². The summed E-state index contributed by atoms with van der Waals surface area (Å²) in [5.41, 5.74) is 4.48. The zero-order chi connectivity index (χ0) is 36.8. The van der Waals surface area contributed by atoms with Crippen LogP contribution in [0.5, 0.6) is 0 Å². The van der Waals surface area contributed by atoms with Crippen molar-refractivity contribution in [3.05, 3.63) is 120 Å². The third kappa shape index (κ3) is 7.13. The van der Waals surface area contributed by atoms with Gasteiger partial charge in [0.1, 0.15) is 17.2 Å². The van der Waals surface area contributed by atoms with Gasteiger partial charge in [0.15, 0.2) is 5.65 Å². The van der Waals surface area contributed by atoms with Crippen LogP contribution < -0.4 is 4.90 Å². The van der Waals surface area contributed by atoms with Gasteiger partial charge in [0.2, 0.25) is 0 Å². The summed E-state index contributed by atoms with van der Waals surface area (Å²) < 4.78 is 64.6. The SMILES string of the molecule is Cc1ccc(S(=O)(=O)n2cc(-c3cnn(Cc4cc(F)ccc4F)c3)c3cc(-c4cccc(N5CCN(C(=O)OC(C)(C)C)CC5)c4)cnc32)cc1. The normalized spacial score (nSPS) is 13.9. The maximum atomic E-state index is 14.5. The lowest BCUT2D eigenvalue weighted by atomic mass is 10.0. The third-order valence-electron chi connectivity index (χ3n) is 8.95. The number of hydrogen-bond donors (Lipinski definition) is 0. The molecule has 0 saturated carbocycles. The van der Waals surface area contributed by atoms with E-state index in [-0.39, 0.29) is 28.7 Å².